The molecule has 112 valence electrons. The maximum Gasteiger partial charge on any atom is 0.0495 e. The molecule has 0 radical (unpaired) electrons. The Hall–Kier alpha value is -0.860. The standard InChI is InChI=1S/C18H29NO/c1-18(2,3)13-17(16-7-5-4-6-8-16)19-11-9-15-10-12-20-14-15/h4-8,15,17,19H,9-14H2,1-3H3. The molecule has 0 amide bonds. The van der Waals surface area contributed by atoms with Crippen molar-refractivity contribution < 1.29 is 4.74 Å². The lowest BCUT2D eigenvalue weighted by Crippen LogP contribution is -2.27. The molecule has 0 spiro atoms. The van der Waals surface area contributed by atoms with Crippen molar-refractivity contribution in [1.29, 1.82) is 0 Å². The van der Waals surface area contributed by atoms with E-state index in [9.17, 15) is 0 Å². The van der Waals surface area contributed by atoms with Gasteiger partial charge in [-0.05, 0) is 42.7 Å². The van der Waals surface area contributed by atoms with E-state index in [-0.39, 0.29) is 0 Å². The molecular formula is C18H29NO. The Morgan fingerprint density at radius 1 is 1.25 bits per heavy atom. The van der Waals surface area contributed by atoms with Crippen LogP contribution in [0.5, 0.6) is 0 Å². The molecule has 2 unspecified atom stereocenters. The molecule has 2 nitrogen and oxygen atoms in total. The lowest BCUT2D eigenvalue weighted by Gasteiger charge is -2.27. The van der Waals surface area contributed by atoms with Crippen LogP contribution >= 0.6 is 0 Å². The normalized spacial score (nSPS) is 21.1. The summed E-state index contributed by atoms with van der Waals surface area (Å²) in [5.41, 5.74) is 1.74. The zero-order chi connectivity index (χ0) is 14.4. The van der Waals surface area contributed by atoms with Gasteiger partial charge in [-0.15, -0.1) is 0 Å². The minimum absolute atomic E-state index is 0.337. The highest BCUT2D eigenvalue weighted by Crippen LogP contribution is 2.29. The first-order valence-corrected chi connectivity index (χ1v) is 7.91. The minimum atomic E-state index is 0.337. The van der Waals surface area contributed by atoms with Gasteiger partial charge >= 0.3 is 0 Å². The summed E-state index contributed by atoms with van der Waals surface area (Å²) in [5.74, 6) is 0.758. The molecule has 1 fully saturated rings. The molecule has 2 rings (SSSR count). The van der Waals surface area contributed by atoms with E-state index in [2.05, 4.69) is 56.4 Å². The van der Waals surface area contributed by atoms with Crippen LogP contribution < -0.4 is 5.32 Å². The van der Waals surface area contributed by atoms with Crippen LogP contribution in [0.4, 0.5) is 0 Å². The van der Waals surface area contributed by atoms with Gasteiger partial charge in [0.25, 0.3) is 0 Å². The van der Waals surface area contributed by atoms with Crippen molar-refractivity contribution in [3.8, 4) is 0 Å². The van der Waals surface area contributed by atoms with Gasteiger partial charge in [0.15, 0.2) is 0 Å². The molecule has 2 heteroatoms. The van der Waals surface area contributed by atoms with Crippen LogP contribution in [0.25, 0.3) is 0 Å². The van der Waals surface area contributed by atoms with Crippen LogP contribution in [0.15, 0.2) is 30.3 Å². The van der Waals surface area contributed by atoms with Crippen molar-refractivity contribution in [3.63, 3.8) is 0 Å². The van der Waals surface area contributed by atoms with Crippen molar-refractivity contribution in [2.24, 2.45) is 11.3 Å². The molecule has 1 heterocycles. The summed E-state index contributed by atoms with van der Waals surface area (Å²) in [4.78, 5) is 0. The lowest BCUT2D eigenvalue weighted by atomic mass is 9.85. The fraction of sp³-hybridized carbons (Fsp3) is 0.667. The van der Waals surface area contributed by atoms with E-state index in [1.54, 1.807) is 0 Å². The van der Waals surface area contributed by atoms with Gasteiger partial charge in [0.05, 0.1) is 0 Å². The molecule has 1 aromatic carbocycles. The van der Waals surface area contributed by atoms with Gasteiger partial charge in [-0.25, -0.2) is 0 Å². The third-order valence-electron chi connectivity index (χ3n) is 3.99. The Morgan fingerprint density at radius 3 is 2.60 bits per heavy atom. The highest BCUT2D eigenvalue weighted by Gasteiger charge is 2.21. The molecule has 2 atom stereocenters. The summed E-state index contributed by atoms with van der Waals surface area (Å²) >= 11 is 0. The Morgan fingerprint density at radius 2 is 2.00 bits per heavy atom. The van der Waals surface area contributed by atoms with Crippen LogP contribution in [0.2, 0.25) is 0 Å². The largest absolute Gasteiger partial charge is 0.381 e. The highest BCUT2D eigenvalue weighted by atomic mass is 16.5. The average molecular weight is 275 g/mol. The van der Waals surface area contributed by atoms with Crippen LogP contribution in [0.3, 0.4) is 0 Å². The molecule has 0 aromatic heterocycles. The lowest BCUT2D eigenvalue weighted by molar-refractivity contribution is 0.183. The van der Waals surface area contributed by atoms with E-state index in [0.29, 0.717) is 11.5 Å². The summed E-state index contributed by atoms with van der Waals surface area (Å²) in [6, 6.07) is 11.3. The van der Waals surface area contributed by atoms with Crippen molar-refractivity contribution in [2.45, 2.75) is 46.1 Å². The van der Waals surface area contributed by atoms with E-state index in [4.69, 9.17) is 4.74 Å². The van der Waals surface area contributed by atoms with Crippen molar-refractivity contribution in [2.75, 3.05) is 19.8 Å². The molecule has 0 bridgehead atoms. The third kappa shape index (κ3) is 5.26. The first-order chi connectivity index (χ1) is 9.54. The first-order valence-electron chi connectivity index (χ1n) is 7.91. The SMILES string of the molecule is CC(C)(C)CC(NCCC1CCOC1)c1ccccc1. The molecule has 1 aromatic rings. The molecule has 0 saturated carbocycles. The van der Waals surface area contributed by atoms with E-state index in [0.717, 1.165) is 32.1 Å². The molecule has 1 saturated heterocycles. The van der Waals surface area contributed by atoms with E-state index in [1.807, 2.05) is 0 Å². The number of hydrogen-bond acceptors (Lipinski definition) is 2. The van der Waals surface area contributed by atoms with Crippen molar-refractivity contribution in [3.05, 3.63) is 35.9 Å². The maximum absolute atomic E-state index is 5.45. The van der Waals surface area contributed by atoms with Gasteiger partial charge in [0, 0.05) is 19.3 Å². The van der Waals surface area contributed by atoms with Crippen molar-refractivity contribution >= 4 is 0 Å². The van der Waals surface area contributed by atoms with Gasteiger partial charge in [0.2, 0.25) is 0 Å². The van der Waals surface area contributed by atoms with Gasteiger partial charge < -0.3 is 10.1 Å². The summed E-state index contributed by atoms with van der Waals surface area (Å²) < 4.78 is 5.45. The first kappa shape index (κ1) is 15.5. The van der Waals surface area contributed by atoms with Crippen LogP contribution in [-0.2, 0) is 4.74 Å². The topological polar surface area (TPSA) is 21.3 Å². The van der Waals surface area contributed by atoms with E-state index < -0.39 is 0 Å². The van der Waals surface area contributed by atoms with Gasteiger partial charge in [-0.2, -0.15) is 0 Å². The van der Waals surface area contributed by atoms with Gasteiger partial charge in [-0.1, -0.05) is 51.1 Å². The monoisotopic (exact) mass is 275 g/mol. The second-order valence-electron chi connectivity index (χ2n) is 7.20. The smallest absolute Gasteiger partial charge is 0.0495 e. The molecule has 1 aliphatic rings. The zero-order valence-corrected chi connectivity index (χ0v) is 13.2. The number of hydrogen-bond donors (Lipinski definition) is 1. The van der Waals surface area contributed by atoms with Crippen LogP contribution in [-0.4, -0.2) is 19.8 Å². The number of nitrogens with one attached hydrogen (secondary N) is 1. The Kier molecular flexibility index (Phi) is 5.62. The van der Waals surface area contributed by atoms with E-state index >= 15 is 0 Å². The Balaban J connectivity index is 1.88. The fourth-order valence-electron chi connectivity index (χ4n) is 2.88. The minimum Gasteiger partial charge on any atom is -0.381 e. The summed E-state index contributed by atoms with van der Waals surface area (Å²) in [6.07, 6.45) is 3.63. The molecule has 1 N–H and O–H groups in total. The van der Waals surface area contributed by atoms with Gasteiger partial charge in [-0.3, -0.25) is 0 Å². The number of rotatable bonds is 6. The van der Waals surface area contributed by atoms with Crippen molar-refractivity contribution in [1.82, 2.24) is 5.32 Å². The average Bonchev–Trinajstić information content (AvgIpc) is 2.90. The summed E-state index contributed by atoms with van der Waals surface area (Å²) in [7, 11) is 0. The van der Waals surface area contributed by atoms with E-state index in [1.165, 1.54) is 18.4 Å². The second kappa shape index (κ2) is 7.24. The fourth-order valence-corrected chi connectivity index (χ4v) is 2.88. The quantitative estimate of drug-likeness (QED) is 0.841. The predicted octanol–water partition coefficient (Wildman–Crippen LogP) is 4.18. The molecule has 1 aliphatic heterocycles. The Labute approximate surface area is 123 Å². The zero-order valence-electron chi connectivity index (χ0n) is 13.2. The maximum atomic E-state index is 5.45. The number of benzene rings is 1. The molecule has 20 heavy (non-hydrogen) atoms. The molecular weight excluding hydrogens is 246 g/mol. The summed E-state index contributed by atoms with van der Waals surface area (Å²) in [6.45, 7) is 9.94. The third-order valence-corrected chi connectivity index (χ3v) is 3.99. The van der Waals surface area contributed by atoms with Crippen LogP contribution in [0, 0.1) is 11.3 Å². The molecule has 0 aliphatic carbocycles. The van der Waals surface area contributed by atoms with Gasteiger partial charge in [0.1, 0.15) is 0 Å². The van der Waals surface area contributed by atoms with Crippen LogP contribution in [0.1, 0.15) is 51.6 Å². The second-order valence-corrected chi connectivity index (χ2v) is 7.20. The predicted molar refractivity (Wildman–Crippen MR) is 84.8 cm³/mol. The summed E-state index contributed by atoms with van der Waals surface area (Å²) in [5, 5.41) is 3.76. The Bertz CT molecular complexity index is 376. The highest BCUT2D eigenvalue weighted by molar-refractivity contribution is 5.19. The number of ether oxygens (including phenoxy) is 1.